The summed E-state index contributed by atoms with van der Waals surface area (Å²) < 4.78 is 1.62. The molecule has 88 valence electrons. The van der Waals surface area contributed by atoms with Crippen molar-refractivity contribution in [2.24, 2.45) is 7.05 Å². The van der Waals surface area contributed by atoms with E-state index in [-0.39, 0.29) is 6.42 Å². The van der Waals surface area contributed by atoms with E-state index in [1.165, 1.54) is 0 Å². The fraction of sp³-hybridized carbons (Fsp3) is 0.500. The highest BCUT2D eigenvalue weighted by molar-refractivity contribution is 5.68. The largest absolute Gasteiger partial charge is 0.481 e. The molecule has 0 saturated heterocycles. The number of aromatic nitrogens is 2. The van der Waals surface area contributed by atoms with Crippen molar-refractivity contribution >= 4 is 12.4 Å². The van der Waals surface area contributed by atoms with Gasteiger partial charge < -0.3 is 10.4 Å². The molecule has 0 spiro atoms. The first kappa shape index (κ1) is 12.2. The van der Waals surface area contributed by atoms with E-state index in [2.05, 4.69) is 10.4 Å². The van der Waals surface area contributed by atoms with Crippen LogP contribution in [0, 0.1) is 0 Å². The molecule has 0 aromatic carbocycles. The van der Waals surface area contributed by atoms with Crippen LogP contribution in [-0.2, 0) is 23.1 Å². The summed E-state index contributed by atoms with van der Waals surface area (Å²) in [7, 11) is 1.77. The Bertz CT molecular complexity index is 387. The van der Waals surface area contributed by atoms with Gasteiger partial charge in [-0.2, -0.15) is 5.10 Å². The monoisotopic (exact) mass is 225 g/mol. The van der Waals surface area contributed by atoms with Crippen LogP contribution in [-0.4, -0.2) is 27.3 Å². The topological polar surface area (TPSA) is 84.2 Å². The maximum Gasteiger partial charge on any atom is 0.305 e. The average molecular weight is 225 g/mol. The third-order valence-electron chi connectivity index (χ3n) is 2.30. The first-order chi connectivity index (χ1) is 7.58. The zero-order valence-corrected chi connectivity index (χ0v) is 9.30. The van der Waals surface area contributed by atoms with Gasteiger partial charge in [-0.25, -0.2) is 0 Å². The number of carboxylic acids is 1. The van der Waals surface area contributed by atoms with Gasteiger partial charge in [0.2, 0.25) is 6.41 Å². The SMILES string of the molecule is CCc1nn(C)cc1[C@@H](CC(=O)O)NC=O. The second-order valence-electron chi connectivity index (χ2n) is 3.49. The molecule has 16 heavy (non-hydrogen) atoms. The number of carbonyl (C=O) groups is 2. The third-order valence-corrected chi connectivity index (χ3v) is 2.30. The lowest BCUT2D eigenvalue weighted by Crippen LogP contribution is -2.23. The molecule has 0 bridgehead atoms. The maximum atomic E-state index is 10.7. The standard InChI is InChI=1S/C10H15N3O3/c1-3-8-7(5-13(2)12-8)9(11-6-14)4-10(15)16/h5-6,9H,3-4H2,1-2H3,(H,11,14)(H,15,16)/t9-/m1/s1. The third kappa shape index (κ3) is 2.82. The summed E-state index contributed by atoms with van der Waals surface area (Å²) in [6.45, 7) is 1.94. The van der Waals surface area contributed by atoms with E-state index in [4.69, 9.17) is 5.11 Å². The van der Waals surface area contributed by atoms with Gasteiger partial charge in [-0.3, -0.25) is 14.3 Å². The van der Waals surface area contributed by atoms with Crippen LogP contribution in [0.2, 0.25) is 0 Å². The fourth-order valence-electron chi connectivity index (χ4n) is 1.63. The summed E-state index contributed by atoms with van der Waals surface area (Å²) in [6, 6.07) is -0.515. The average Bonchev–Trinajstić information content (AvgIpc) is 2.58. The molecular formula is C10H15N3O3. The lowest BCUT2D eigenvalue weighted by Gasteiger charge is -2.13. The van der Waals surface area contributed by atoms with Crippen LogP contribution in [0.4, 0.5) is 0 Å². The van der Waals surface area contributed by atoms with Gasteiger partial charge in [0.05, 0.1) is 18.2 Å². The van der Waals surface area contributed by atoms with E-state index in [0.29, 0.717) is 12.8 Å². The van der Waals surface area contributed by atoms with Crippen LogP contribution in [0.3, 0.4) is 0 Å². The molecule has 0 unspecified atom stereocenters. The predicted molar refractivity (Wildman–Crippen MR) is 56.8 cm³/mol. The minimum Gasteiger partial charge on any atom is -0.481 e. The van der Waals surface area contributed by atoms with E-state index in [1.54, 1.807) is 17.9 Å². The van der Waals surface area contributed by atoms with Gasteiger partial charge in [0.25, 0.3) is 0 Å². The van der Waals surface area contributed by atoms with E-state index in [9.17, 15) is 9.59 Å². The molecule has 1 atom stereocenters. The number of aliphatic carboxylic acids is 1. The Labute approximate surface area is 93.3 Å². The van der Waals surface area contributed by atoms with Crippen molar-refractivity contribution in [2.45, 2.75) is 25.8 Å². The number of carboxylic acid groups (broad SMARTS) is 1. The summed E-state index contributed by atoms with van der Waals surface area (Å²) in [5.41, 5.74) is 1.57. The van der Waals surface area contributed by atoms with E-state index < -0.39 is 12.0 Å². The number of hydrogen-bond acceptors (Lipinski definition) is 3. The van der Waals surface area contributed by atoms with Crippen molar-refractivity contribution in [2.75, 3.05) is 0 Å². The van der Waals surface area contributed by atoms with Crippen LogP contribution in [0.1, 0.15) is 30.6 Å². The van der Waals surface area contributed by atoms with Crippen molar-refractivity contribution in [3.05, 3.63) is 17.5 Å². The summed E-state index contributed by atoms with van der Waals surface area (Å²) >= 11 is 0. The summed E-state index contributed by atoms with van der Waals surface area (Å²) in [4.78, 5) is 21.1. The molecule has 6 nitrogen and oxygen atoms in total. The molecule has 0 aliphatic carbocycles. The summed E-state index contributed by atoms with van der Waals surface area (Å²) in [5, 5.41) is 15.5. The van der Waals surface area contributed by atoms with Gasteiger partial charge in [-0.15, -0.1) is 0 Å². The van der Waals surface area contributed by atoms with Crippen LogP contribution < -0.4 is 5.32 Å². The Morgan fingerprint density at radius 2 is 2.44 bits per heavy atom. The molecule has 0 radical (unpaired) electrons. The first-order valence-corrected chi connectivity index (χ1v) is 5.02. The van der Waals surface area contributed by atoms with Crippen molar-refractivity contribution in [3.63, 3.8) is 0 Å². The van der Waals surface area contributed by atoms with Crippen LogP contribution >= 0.6 is 0 Å². The second-order valence-corrected chi connectivity index (χ2v) is 3.49. The number of nitrogens with one attached hydrogen (secondary N) is 1. The number of aryl methyl sites for hydroxylation is 2. The highest BCUT2D eigenvalue weighted by Crippen LogP contribution is 2.20. The van der Waals surface area contributed by atoms with Gasteiger partial charge >= 0.3 is 5.97 Å². The van der Waals surface area contributed by atoms with Gasteiger partial charge in [0.15, 0.2) is 0 Å². The Morgan fingerprint density at radius 3 is 2.94 bits per heavy atom. The minimum absolute atomic E-state index is 0.141. The molecule has 1 rings (SSSR count). The van der Waals surface area contributed by atoms with Gasteiger partial charge in [0, 0.05) is 18.8 Å². The van der Waals surface area contributed by atoms with Crippen molar-refractivity contribution in [3.8, 4) is 0 Å². The van der Waals surface area contributed by atoms with Gasteiger partial charge in [-0.05, 0) is 6.42 Å². The Morgan fingerprint density at radius 1 is 1.75 bits per heavy atom. The molecule has 1 aromatic heterocycles. The molecule has 6 heteroatoms. The highest BCUT2D eigenvalue weighted by atomic mass is 16.4. The van der Waals surface area contributed by atoms with E-state index in [1.807, 2.05) is 6.92 Å². The van der Waals surface area contributed by atoms with Crippen molar-refractivity contribution < 1.29 is 14.7 Å². The molecule has 0 fully saturated rings. The summed E-state index contributed by atoms with van der Waals surface area (Å²) in [5.74, 6) is -0.953. The Balaban J connectivity index is 2.98. The molecule has 1 heterocycles. The minimum atomic E-state index is -0.953. The molecule has 0 aliphatic heterocycles. The highest BCUT2D eigenvalue weighted by Gasteiger charge is 2.19. The van der Waals surface area contributed by atoms with Crippen LogP contribution in [0.15, 0.2) is 6.20 Å². The molecule has 1 amide bonds. The number of rotatable bonds is 6. The van der Waals surface area contributed by atoms with E-state index in [0.717, 1.165) is 11.3 Å². The second kappa shape index (κ2) is 5.29. The molecular weight excluding hydrogens is 210 g/mol. The number of carbonyl (C=O) groups excluding carboxylic acids is 1. The number of amides is 1. The zero-order chi connectivity index (χ0) is 12.1. The Kier molecular flexibility index (Phi) is 4.04. The fourth-order valence-corrected chi connectivity index (χ4v) is 1.63. The zero-order valence-electron chi connectivity index (χ0n) is 9.30. The number of nitrogens with zero attached hydrogens (tertiary/aromatic N) is 2. The van der Waals surface area contributed by atoms with Crippen LogP contribution in [0.5, 0.6) is 0 Å². The Hall–Kier alpha value is -1.85. The van der Waals surface area contributed by atoms with Crippen LogP contribution in [0.25, 0.3) is 0 Å². The molecule has 0 aliphatic rings. The predicted octanol–water partition coefficient (Wildman–Crippen LogP) is 0.244. The lowest BCUT2D eigenvalue weighted by atomic mass is 10.0. The molecule has 1 aromatic rings. The number of hydrogen-bond donors (Lipinski definition) is 2. The van der Waals surface area contributed by atoms with Crippen molar-refractivity contribution in [1.29, 1.82) is 0 Å². The first-order valence-electron chi connectivity index (χ1n) is 5.02. The molecule has 2 N–H and O–H groups in total. The van der Waals surface area contributed by atoms with E-state index >= 15 is 0 Å². The van der Waals surface area contributed by atoms with Gasteiger partial charge in [-0.1, -0.05) is 6.92 Å². The van der Waals surface area contributed by atoms with Gasteiger partial charge in [0.1, 0.15) is 0 Å². The molecule has 0 saturated carbocycles. The normalized spacial score (nSPS) is 12.1. The lowest BCUT2D eigenvalue weighted by molar-refractivity contribution is -0.137. The van der Waals surface area contributed by atoms with Crippen molar-refractivity contribution in [1.82, 2.24) is 15.1 Å². The maximum absolute atomic E-state index is 10.7. The quantitative estimate of drug-likeness (QED) is 0.679. The smallest absolute Gasteiger partial charge is 0.305 e. The summed E-state index contributed by atoms with van der Waals surface area (Å²) in [6.07, 6.45) is 2.81.